The SMILES string of the molecule is CCCCC(CCC)Nc1cc(C)cc(F)c1. The molecule has 0 spiro atoms. The molecule has 0 aliphatic heterocycles. The molecular weight excluding hydrogens is 213 g/mol. The topological polar surface area (TPSA) is 12.0 Å². The summed E-state index contributed by atoms with van der Waals surface area (Å²) in [6.07, 6.45) is 5.92. The predicted octanol–water partition coefficient (Wildman–Crippen LogP) is 4.90. The van der Waals surface area contributed by atoms with Crippen molar-refractivity contribution in [3.05, 3.63) is 29.6 Å². The highest BCUT2D eigenvalue weighted by molar-refractivity contribution is 5.46. The molecule has 0 aromatic heterocycles. The zero-order chi connectivity index (χ0) is 12.7. The van der Waals surface area contributed by atoms with E-state index in [4.69, 9.17) is 0 Å². The van der Waals surface area contributed by atoms with E-state index < -0.39 is 0 Å². The zero-order valence-electron chi connectivity index (χ0n) is 11.2. The first-order valence-corrected chi connectivity index (χ1v) is 6.69. The highest BCUT2D eigenvalue weighted by Crippen LogP contribution is 2.18. The number of halogens is 1. The van der Waals surface area contributed by atoms with Crippen LogP contribution >= 0.6 is 0 Å². The van der Waals surface area contributed by atoms with Gasteiger partial charge in [0.25, 0.3) is 0 Å². The molecule has 1 rings (SSSR count). The number of hydrogen-bond donors (Lipinski definition) is 1. The number of rotatable bonds is 7. The summed E-state index contributed by atoms with van der Waals surface area (Å²) in [4.78, 5) is 0. The van der Waals surface area contributed by atoms with E-state index in [2.05, 4.69) is 19.2 Å². The van der Waals surface area contributed by atoms with Crippen LogP contribution in [0.25, 0.3) is 0 Å². The lowest BCUT2D eigenvalue weighted by atomic mass is 10.0. The largest absolute Gasteiger partial charge is 0.382 e. The van der Waals surface area contributed by atoms with Gasteiger partial charge in [-0.2, -0.15) is 0 Å². The minimum Gasteiger partial charge on any atom is -0.382 e. The average Bonchev–Trinajstić information content (AvgIpc) is 2.24. The maximum Gasteiger partial charge on any atom is 0.125 e. The fraction of sp³-hybridized carbons (Fsp3) is 0.600. The molecule has 0 bridgehead atoms. The van der Waals surface area contributed by atoms with Gasteiger partial charge in [0.15, 0.2) is 0 Å². The molecule has 1 aromatic rings. The third-order valence-electron chi connectivity index (χ3n) is 2.96. The molecule has 0 amide bonds. The van der Waals surface area contributed by atoms with E-state index >= 15 is 0 Å². The van der Waals surface area contributed by atoms with Crippen LogP contribution in [-0.2, 0) is 0 Å². The monoisotopic (exact) mass is 237 g/mol. The van der Waals surface area contributed by atoms with Crippen molar-refractivity contribution in [1.82, 2.24) is 0 Å². The summed E-state index contributed by atoms with van der Waals surface area (Å²) in [5.74, 6) is -0.154. The van der Waals surface area contributed by atoms with Crippen molar-refractivity contribution in [1.29, 1.82) is 0 Å². The van der Waals surface area contributed by atoms with Crippen molar-refractivity contribution < 1.29 is 4.39 Å². The lowest BCUT2D eigenvalue weighted by molar-refractivity contribution is 0.563. The summed E-state index contributed by atoms with van der Waals surface area (Å²) in [5.41, 5.74) is 1.88. The van der Waals surface area contributed by atoms with Gasteiger partial charge in [-0.15, -0.1) is 0 Å². The van der Waals surface area contributed by atoms with Crippen molar-refractivity contribution in [2.24, 2.45) is 0 Å². The molecule has 0 aliphatic carbocycles. The van der Waals surface area contributed by atoms with Gasteiger partial charge in [-0.3, -0.25) is 0 Å². The van der Waals surface area contributed by atoms with Crippen LogP contribution < -0.4 is 5.32 Å². The summed E-state index contributed by atoms with van der Waals surface area (Å²) < 4.78 is 13.3. The Bertz CT molecular complexity index is 315. The summed E-state index contributed by atoms with van der Waals surface area (Å²) in [6.45, 7) is 6.32. The Morgan fingerprint density at radius 3 is 2.47 bits per heavy atom. The quantitative estimate of drug-likeness (QED) is 0.711. The molecular formula is C15H24FN. The summed E-state index contributed by atoms with van der Waals surface area (Å²) in [5, 5.41) is 3.46. The molecule has 0 aliphatic rings. The summed E-state index contributed by atoms with van der Waals surface area (Å²) in [6, 6.07) is 5.63. The predicted molar refractivity (Wildman–Crippen MR) is 73.0 cm³/mol. The Morgan fingerprint density at radius 2 is 1.88 bits per heavy atom. The molecule has 1 aromatic carbocycles. The second-order valence-electron chi connectivity index (χ2n) is 4.79. The van der Waals surface area contributed by atoms with Crippen molar-refractivity contribution >= 4 is 5.69 Å². The highest BCUT2D eigenvalue weighted by atomic mass is 19.1. The van der Waals surface area contributed by atoms with Crippen LogP contribution in [0.5, 0.6) is 0 Å². The Balaban J connectivity index is 2.63. The van der Waals surface area contributed by atoms with Crippen LogP contribution in [0.4, 0.5) is 10.1 Å². The molecule has 0 heterocycles. The molecule has 1 N–H and O–H groups in total. The van der Waals surface area contributed by atoms with Crippen molar-refractivity contribution in [2.75, 3.05) is 5.32 Å². The van der Waals surface area contributed by atoms with E-state index in [1.807, 2.05) is 13.0 Å². The maximum atomic E-state index is 13.3. The van der Waals surface area contributed by atoms with Crippen LogP contribution in [-0.4, -0.2) is 6.04 Å². The third kappa shape index (κ3) is 5.20. The second-order valence-corrected chi connectivity index (χ2v) is 4.79. The molecule has 2 heteroatoms. The Morgan fingerprint density at radius 1 is 1.12 bits per heavy atom. The van der Waals surface area contributed by atoms with Gasteiger partial charge >= 0.3 is 0 Å². The van der Waals surface area contributed by atoms with Crippen LogP contribution in [0.1, 0.15) is 51.5 Å². The maximum absolute atomic E-state index is 13.3. The van der Waals surface area contributed by atoms with Gasteiger partial charge in [-0.05, 0) is 43.5 Å². The van der Waals surface area contributed by atoms with E-state index in [1.165, 1.54) is 19.3 Å². The fourth-order valence-corrected chi connectivity index (χ4v) is 2.14. The van der Waals surface area contributed by atoms with Gasteiger partial charge in [0.2, 0.25) is 0 Å². The molecule has 1 nitrogen and oxygen atoms in total. The number of hydrogen-bond acceptors (Lipinski definition) is 1. The second kappa shape index (κ2) is 7.31. The molecule has 17 heavy (non-hydrogen) atoms. The lowest BCUT2D eigenvalue weighted by Gasteiger charge is -2.19. The Labute approximate surface area is 104 Å². The summed E-state index contributed by atoms with van der Waals surface area (Å²) >= 11 is 0. The van der Waals surface area contributed by atoms with Crippen LogP contribution in [0.15, 0.2) is 18.2 Å². The zero-order valence-corrected chi connectivity index (χ0v) is 11.2. The standard InChI is InChI=1S/C15H24FN/c1-4-6-8-14(7-5-2)17-15-10-12(3)9-13(16)11-15/h9-11,14,17H,4-8H2,1-3H3. The molecule has 0 saturated heterocycles. The van der Waals surface area contributed by atoms with E-state index in [0.29, 0.717) is 6.04 Å². The number of benzene rings is 1. The smallest absolute Gasteiger partial charge is 0.125 e. The van der Waals surface area contributed by atoms with E-state index in [9.17, 15) is 4.39 Å². The Hall–Kier alpha value is -1.05. The van der Waals surface area contributed by atoms with Gasteiger partial charge in [0, 0.05) is 11.7 Å². The van der Waals surface area contributed by atoms with Gasteiger partial charge in [0.1, 0.15) is 5.82 Å². The first-order valence-electron chi connectivity index (χ1n) is 6.69. The number of aryl methyl sites for hydroxylation is 1. The average molecular weight is 237 g/mol. The normalized spacial score (nSPS) is 12.5. The molecule has 0 radical (unpaired) electrons. The summed E-state index contributed by atoms with van der Waals surface area (Å²) in [7, 11) is 0. The molecule has 1 atom stereocenters. The number of nitrogens with one attached hydrogen (secondary N) is 1. The van der Waals surface area contributed by atoms with Crippen LogP contribution in [0.3, 0.4) is 0 Å². The molecule has 1 unspecified atom stereocenters. The number of unbranched alkanes of at least 4 members (excludes halogenated alkanes) is 1. The van der Waals surface area contributed by atoms with E-state index in [0.717, 1.165) is 24.1 Å². The minimum absolute atomic E-state index is 0.154. The first-order chi connectivity index (χ1) is 8.15. The lowest BCUT2D eigenvalue weighted by Crippen LogP contribution is -2.19. The van der Waals surface area contributed by atoms with E-state index in [-0.39, 0.29) is 5.82 Å². The fourth-order valence-electron chi connectivity index (χ4n) is 2.14. The van der Waals surface area contributed by atoms with Gasteiger partial charge in [0.05, 0.1) is 0 Å². The van der Waals surface area contributed by atoms with Gasteiger partial charge < -0.3 is 5.32 Å². The van der Waals surface area contributed by atoms with Crippen LogP contribution in [0.2, 0.25) is 0 Å². The highest BCUT2D eigenvalue weighted by Gasteiger charge is 2.07. The third-order valence-corrected chi connectivity index (χ3v) is 2.96. The molecule has 0 saturated carbocycles. The van der Waals surface area contributed by atoms with E-state index in [1.54, 1.807) is 12.1 Å². The minimum atomic E-state index is -0.154. The van der Waals surface area contributed by atoms with Crippen molar-refractivity contribution in [3.63, 3.8) is 0 Å². The Kier molecular flexibility index (Phi) is 6.03. The molecule has 0 fully saturated rings. The van der Waals surface area contributed by atoms with Crippen LogP contribution in [0, 0.1) is 12.7 Å². The van der Waals surface area contributed by atoms with Crippen molar-refractivity contribution in [3.8, 4) is 0 Å². The van der Waals surface area contributed by atoms with Gasteiger partial charge in [-0.1, -0.05) is 33.1 Å². The first kappa shape index (κ1) is 14.0. The van der Waals surface area contributed by atoms with Gasteiger partial charge in [-0.25, -0.2) is 4.39 Å². The van der Waals surface area contributed by atoms with Crippen molar-refractivity contribution in [2.45, 2.75) is 58.9 Å². The molecule has 96 valence electrons. The number of anilines is 1.